The average molecular weight is 252 g/mol. The molecular formula is C10H12ClF2NO2. The number of hydrogen-bond acceptors (Lipinski definition) is 3. The lowest BCUT2D eigenvalue weighted by Gasteiger charge is -2.23. The van der Waals surface area contributed by atoms with Crippen LogP contribution in [0.15, 0.2) is 12.1 Å². The van der Waals surface area contributed by atoms with Crippen molar-refractivity contribution in [3.8, 4) is 5.75 Å². The Bertz CT molecular complexity index is 399. The van der Waals surface area contributed by atoms with Crippen LogP contribution >= 0.6 is 11.6 Å². The first-order valence-electron chi connectivity index (χ1n) is 4.53. The molecule has 90 valence electrons. The van der Waals surface area contributed by atoms with Crippen molar-refractivity contribution >= 4 is 11.6 Å². The second-order valence-corrected chi connectivity index (χ2v) is 3.99. The monoisotopic (exact) mass is 251 g/mol. The number of benzene rings is 1. The summed E-state index contributed by atoms with van der Waals surface area (Å²) in [5.41, 5.74) is 5.47. The van der Waals surface area contributed by atoms with E-state index in [2.05, 4.69) is 0 Å². The van der Waals surface area contributed by atoms with Crippen LogP contribution in [-0.2, 0) is 0 Å². The van der Waals surface area contributed by atoms with E-state index in [9.17, 15) is 13.9 Å². The number of hydrogen-bond donors (Lipinski definition) is 3. The van der Waals surface area contributed by atoms with E-state index < -0.39 is 18.6 Å². The van der Waals surface area contributed by atoms with Gasteiger partial charge in [0.25, 0.3) is 5.92 Å². The highest BCUT2D eigenvalue weighted by Crippen LogP contribution is 2.37. The van der Waals surface area contributed by atoms with Gasteiger partial charge in [0.2, 0.25) is 0 Å². The van der Waals surface area contributed by atoms with Crippen LogP contribution in [0.3, 0.4) is 0 Å². The van der Waals surface area contributed by atoms with Crippen LogP contribution in [0.4, 0.5) is 8.78 Å². The zero-order valence-corrected chi connectivity index (χ0v) is 9.30. The minimum absolute atomic E-state index is 0.177. The smallest absolute Gasteiger partial charge is 0.289 e. The highest BCUT2D eigenvalue weighted by atomic mass is 35.5. The third kappa shape index (κ3) is 2.42. The number of aliphatic hydroxyl groups excluding tert-OH is 1. The maximum atomic E-state index is 13.1. The van der Waals surface area contributed by atoms with Crippen molar-refractivity contribution in [1.29, 1.82) is 0 Å². The van der Waals surface area contributed by atoms with Gasteiger partial charge in [-0.1, -0.05) is 11.6 Å². The molecule has 3 nitrogen and oxygen atoms in total. The highest BCUT2D eigenvalue weighted by Gasteiger charge is 2.39. The maximum Gasteiger partial charge on any atom is 0.289 e. The first kappa shape index (κ1) is 13.2. The van der Waals surface area contributed by atoms with Gasteiger partial charge in [0.1, 0.15) is 18.4 Å². The molecule has 0 aliphatic rings. The van der Waals surface area contributed by atoms with Gasteiger partial charge < -0.3 is 15.9 Å². The van der Waals surface area contributed by atoms with E-state index in [0.29, 0.717) is 5.56 Å². The van der Waals surface area contributed by atoms with E-state index in [-0.39, 0.29) is 16.3 Å². The molecule has 0 amide bonds. The number of nitrogens with two attached hydrogens (primary N) is 1. The predicted octanol–water partition coefficient (Wildman–Crippen LogP) is 1.98. The molecule has 16 heavy (non-hydrogen) atoms. The molecule has 0 saturated heterocycles. The van der Waals surface area contributed by atoms with E-state index in [0.717, 1.165) is 6.07 Å². The Hall–Kier alpha value is -0.910. The molecular weight excluding hydrogens is 240 g/mol. The molecule has 4 N–H and O–H groups in total. The molecule has 0 heterocycles. The van der Waals surface area contributed by atoms with Crippen molar-refractivity contribution in [2.45, 2.75) is 18.9 Å². The molecule has 0 spiro atoms. The standard InChI is InChI=1S/C10H12ClF2NO2/c1-5-2-6(11)3-7(8(5)16)9(14)10(12,13)4-15/h2-3,9,15-16H,4,14H2,1H3/t9-/m1/s1. The van der Waals surface area contributed by atoms with Crippen molar-refractivity contribution in [3.63, 3.8) is 0 Å². The van der Waals surface area contributed by atoms with Gasteiger partial charge in [-0.3, -0.25) is 0 Å². The first-order chi connectivity index (χ1) is 7.29. The second-order valence-electron chi connectivity index (χ2n) is 3.56. The number of aryl methyl sites for hydroxylation is 1. The lowest BCUT2D eigenvalue weighted by Crippen LogP contribution is -2.36. The Kier molecular flexibility index (Phi) is 3.72. The van der Waals surface area contributed by atoms with Gasteiger partial charge in [-0.2, -0.15) is 0 Å². The van der Waals surface area contributed by atoms with Crippen LogP contribution in [0.1, 0.15) is 17.2 Å². The summed E-state index contributed by atoms with van der Waals surface area (Å²) in [5.74, 6) is -3.83. The normalized spacial score (nSPS) is 13.9. The van der Waals surface area contributed by atoms with Crippen LogP contribution in [0.5, 0.6) is 5.75 Å². The van der Waals surface area contributed by atoms with Crippen LogP contribution in [0, 0.1) is 6.92 Å². The molecule has 6 heteroatoms. The summed E-state index contributed by atoms with van der Waals surface area (Å²) >= 11 is 5.69. The number of halogens is 3. The van der Waals surface area contributed by atoms with E-state index in [1.54, 1.807) is 0 Å². The number of aromatic hydroxyl groups is 1. The Morgan fingerprint density at radius 2 is 2.06 bits per heavy atom. The number of rotatable bonds is 3. The summed E-state index contributed by atoms with van der Waals surface area (Å²) in [6, 6.07) is 0.803. The Balaban J connectivity index is 3.23. The topological polar surface area (TPSA) is 66.5 Å². The Labute approximate surface area is 96.5 Å². The SMILES string of the molecule is Cc1cc(Cl)cc([C@@H](N)C(F)(F)CO)c1O. The van der Waals surface area contributed by atoms with Gasteiger partial charge in [-0.25, -0.2) is 8.78 Å². The third-order valence-electron chi connectivity index (χ3n) is 2.30. The van der Waals surface area contributed by atoms with Crippen molar-refractivity contribution in [2.75, 3.05) is 6.61 Å². The van der Waals surface area contributed by atoms with Crippen LogP contribution < -0.4 is 5.73 Å². The molecule has 1 atom stereocenters. The molecule has 0 bridgehead atoms. The minimum Gasteiger partial charge on any atom is -0.507 e. The molecule has 0 aliphatic carbocycles. The molecule has 0 radical (unpaired) electrons. The van der Waals surface area contributed by atoms with Crippen molar-refractivity contribution < 1.29 is 19.0 Å². The summed E-state index contributed by atoms with van der Waals surface area (Å²) < 4.78 is 26.3. The van der Waals surface area contributed by atoms with Crippen molar-refractivity contribution in [2.24, 2.45) is 5.73 Å². The van der Waals surface area contributed by atoms with Gasteiger partial charge in [0.05, 0.1) is 0 Å². The van der Waals surface area contributed by atoms with Crippen molar-refractivity contribution in [1.82, 2.24) is 0 Å². The first-order valence-corrected chi connectivity index (χ1v) is 4.90. The van der Waals surface area contributed by atoms with Gasteiger partial charge >= 0.3 is 0 Å². The fourth-order valence-electron chi connectivity index (χ4n) is 1.32. The maximum absolute atomic E-state index is 13.1. The van der Waals surface area contributed by atoms with Gasteiger partial charge in [-0.05, 0) is 24.6 Å². The van der Waals surface area contributed by atoms with Crippen molar-refractivity contribution in [3.05, 3.63) is 28.3 Å². The number of alkyl halides is 2. The van der Waals surface area contributed by atoms with Crippen LogP contribution in [-0.4, -0.2) is 22.7 Å². The molecule has 0 aromatic heterocycles. The lowest BCUT2D eigenvalue weighted by molar-refractivity contribution is -0.0716. The second kappa shape index (κ2) is 4.53. The van der Waals surface area contributed by atoms with Crippen LogP contribution in [0.25, 0.3) is 0 Å². The van der Waals surface area contributed by atoms with E-state index in [4.69, 9.17) is 22.4 Å². The zero-order chi connectivity index (χ0) is 12.5. The largest absolute Gasteiger partial charge is 0.507 e. The number of phenols is 1. The summed E-state index contributed by atoms with van der Waals surface area (Å²) in [7, 11) is 0. The van der Waals surface area contributed by atoms with Crippen LogP contribution in [0.2, 0.25) is 5.02 Å². The predicted molar refractivity (Wildman–Crippen MR) is 56.8 cm³/mol. The average Bonchev–Trinajstić information content (AvgIpc) is 2.22. The number of aliphatic hydroxyl groups is 1. The molecule has 0 fully saturated rings. The fraction of sp³-hybridized carbons (Fsp3) is 0.400. The third-order valence-corrected chi connectivity index (χ3v) is 2.51. The lowest BCUT2D eigenvalue weighted by atomic mass is 9.98. The van der Waals surface area contributed by atoms with E-state index >= 15 is 0 Å². The zero-order valence-electron chi connectivity index (χ0n) is 8.54. The minimum atomic E-state index is -3.51. The fourth-order valence-corrected chi connectivity index (χ4v) is 1.61. The van der Waals surface area contributed by atoms with Gasteiger partial charge in [0.15, 0.2) is 0 Å². The summed E-state index contributed by atoms with van der Waals surface area (Å²) in [6.07, 6.45) is 0. The van der Waals surface area contributed by atoms with Gasteiger partial charge in [0, 0.05) is 10.6 Å². The summed E-state index contributed by atoms with van der Waals surface area (Å²) in [5, 5.41) is 18.3. The molecule has 0 saturated carbocycles. The Morgan fingerprint density at radius 1 is 1.50 bits per heavy atom. The molecule has 0 aliphatic heterocycles. The quantitative estimate of drug-likeness (QED) is 0.770. The Morgan fingerprint density at radius 3 is 2.56 bits per heavy atom. The molecule has 1 rings (SSSR count). The molecule has 1 aromatic rings. The summed E-state index contributed by atoms with van der Waals surface area (Å²) in [6.45, 7) is 0.133. The molecule has 0 unspecified atom stereocenters. The van der Waals surface area contributed by atoms with Gasteiger partial charge in [-0.15, -0.1) is 0 Å². The number of phenolic OH excluding ortho intramolecular Hbond substituents is 1. The molecule has 1 aromatic carbocycles. The summed E-state index contributed by atoms with van der Waals surface area (Å²) in [4.78, 5) is 0. The van der Waals surface area contributed by atoms with E-state index in [1.807, 2.05) is 0 Å². The van der Waals surface area contributed by atoms with E-state index in [1.165, 1.54) is 13.0 Å². The highest BCUT2D eigenvalue weighted by molar-refractivity contribution is 6.30.